The number of hydrogen-bond donors (Lipinski definition) is 1. The highest BCUT2D eigenvalue weighted by molar-refractivity contribution is 5.33. The lowest BCUT2D eigenvalue weighted by Gasteiger charge is -2.29. The van der Waals surface area contributed by atoms with E-state index in [1.165, 1.54) is 0 Å². The molecule has 0 amide bonds. The van der Waals surface area contributed by atoms with Gasteiger partial charge in [0, 0.05) is 17.7 Å². The first kappa shape index (κ1) is 29.4. The van der Waals surface area contributed by atoms with Crippen molar-refractivity contribution in [2.45, 2.75) is 12.7 Å². The zero-order valence-corrected chi connectivity index (χ0v) is 20.8. The van der Waals surface area contributed by atoms with Gasteiger partial charge in [-0.15, -0.1) is 0 Å². The molecule has 0 aliphatic carbocycles. The molecule has 0 saturated carbocycles. The Morgan fingerprint density at radius 2 is 0.800 bits per heavy atom. The Balaban J connectivity index is 1.44. The summed E-state index contributed by atoms with van der Waals surface area (Å²) in [5.41, 5.74) is 1.34. The first-order valence-electron chi connectivity index (χ1n) is 12.2. The largest absolute Gasteiger partial charge is 0.379 e. The number of benzene rings is 2. The Morgan fingerprint density at radius 3 is 1.14 bits per heavy atom. The maximum Gasteiger partial charge on any atom is 0.219 e. The van der Waals surface area contributed by atoms with Crippen LogP contribution in [0.3, 0.4) is 0 Å². The quantitative estimate of drug-likeness (QED) is 0.198. The number of rotatable bonds is 22. The van der Waals surface area contributed by atoms with E-state index in [1.807, 2.05) is 67.6 Å². The second kappa shape index (κ2) is 19.3. The third-order valence-corrected chi connectivity index (χ3v) is 4.93. The average molecular weight is 493 g/mol. The van der Waals surface area contributed by atoms with E-state index in [-0.39, 0.29) is 6.61 Å². The maximum absolute atomic E-state index is 11.3. The van der Waals surface area contributed by atoms with Gasteiger partial charge < -0.3 is 38.3 Å². The van der Waals surface area contributed by atoms with Crippen LogP contribution in [0.5, 0.6) is 0 Å². The second-order valence-electron chi connectivity index (χ2n) is 7.48. The smallest absolute Gasteiger partial charge is 0.219 e. The average Bonchev–Trinajstić information content (AvgIpc) is 2.91. The minimum atomic E-state index is -1.53. The fourth-order valence-electron chi connectivity index (χ4n) is 3.15. The fourth-order valence-corrected chi connectivity index (χ4v) is 3.15. The summed E-state index contributed by atoms with van der Waals surface area (Å²) in [4.78, 5) is 0. The van der Waals surface area contributed by atoms with Crippen molar-refractivity contribution in [2.75, 3.05) is 85.9 Å². The van der Waals surface area contributed by atoms with Crippen LogP contribution in [0.1, 0.15) is 18.1 Å². The molecule has 196 valence electrons. The molecule has 0 radical (unpaired) electrons. The summed E-state index contributed by atoms with van der Waals surface area (Å²) in [5.74, 6) is -1.53. The van der Waals surface area contributed by atoms with E-state index in [2.05, 4.69) is 0 Å². The highest BCUT2D eigenvalue weighted by atomic mass is 16.6. The van der Waals surface area contributed by atoms with Gasteiger partial charge in [0.1, 0.15) is 0 Å². The molecule has 2 aromatic carbocycles. The molecule has 0 saturated heterocycles. The van der Waals surface area contributed by atoms with Crippen LogP contribution >= 0.6 is 0 Å². The first-order valence-corrected chi connectivity index (χ1v) is 12.2. The van der Waals surface area contributed by atoms with Crippen molar-refractivity contribution in [2.24, 2.45) is 0 Å². The third kappa shape index (κ3) is 12.6. The van der Waals surface area contributed by atoms with E-state index < -0.39 is 5.79 Å². The number of hydrogen-bond acceptors (Lipinski definition) is 8. The summed E-state index contributed by atoms with van der Waals surface area (Å²) < 4.78 is 38.4. The van der Waals surface area contributed by atoms with Crippen LogP contribution in [-0.4, -0.2) is 91.0 Å². The second-order valence-corrected chi connectivity index (χ2v) is 7.48. The van der Waals surface area contributed by atoms with Crippen LogP contribution in [0.15, 0.2) is 60.7 Å². The summed E-state index contributed by atoms with van der Waals surface area (Å²) in [5, 5.41) is 11.3. The first-order chi connectivity index (χ1) is 17.3. The van der Waals surface area contributed by atoms with Crippen molar-refractivity contribution in [1.29, 1.82) is 0 Å². The normalized spacial score (nSPS) is 11.7. The molecule has 0 fully saturated rings. The minimum absolute atomic E-state index is 0.237. The predicted octanol–water partition coefficient (Wildman–Crippen LogP) is 3.02. The summed E-state index contributed by atoms with van der Waals surface area (Å²) >= 11 is 0. The number of ether oxygens (including phenoxy) is 7. The molecule has 2 aromatic rings. The fraction of sp³-hybridized carbons (Fsp3) is 0.556. The molecule has 0 spiro atoms. The predicted molar refractivity (Wildman–Crippen MR) is 132 cm³/mol. The number of aliphatic hydroxyl groups is 1. The van der Waals surface area contributed by atoms with Crippen molar-refractivity contribution in [3.05, 3.63) is 71.8 Å². The molecular weight excluding hydrogens is 452 g/mol. The lowest BCUT2D eigenvalue weighted by Crippen LogP contribution is -2.32. The lowest BCUT2D eigenvalue weighted by molar-refractivity contribution is -0.188. The molecule has 0 aliphatic heterocycles. The Bertz CT molecular complexity index is 689. The van der Waals surface area contributed by atoms with E-state index in [1.54, 1.807) is 0 Å². The van der Waals surface area contributed by atoms with Gasteiger partial charge in [-0.3, -0.25) is 0 Å². The molecule has 0 heterocycles. The Labute approximate surface area is 209 Å². The van der Waals surface area contributed by atoms with E-state index in [0.717, 1.165) is 0 Å². The maximum atomic E-state index is 11.3. The molecular formula is C27H40O8. The molecule has 0 aliphatic rings. The Kier molecular flexibility index (Phi) is 16.2. The van der Waals surface area contributed by atoms with Crippen LogP contribution in [0.4, 0.5) is 0 Å². The van der Waals surface area contributed by atoms with Gasteiger partial charge in [-0.05, 0) is 6.92 Å². The van der Waals surface area contributed by atoms with Crippen LogP contribution in [0, 0.1) is 0 Å². The van der Waals surface area contributed by atoms with Gasteiger partial charge in [-0.25, -0.2) is 0 Å². The zero-order valence-electron chi connectivity index (χ0n) is 20.8. The van der Waals surface area contributed by atoms with Crippen molar-refractivity contribution in [1.82, 2.24) is 0 Å². The SMILES string of the molecule is CCOCCOCCOCCOCCOCCOCCOC(O)(c1ccccc1)c1ccccc1. The van der Waals surface area contributed by atoms with Gasteiger partial charge in [-0.1, -0.05) is 60.7 Å². The Hall–Kier alpha value is -1.88. The van der Waals surface area contributed by atoms with Crippen LogP contribution in [0.25, 0.3) is 0 Å². The summed E-state index contributed by atoms with van der Waals surface area (Å²) in [6, 6.07) is 18.7. The van der Waals surface area contributed by atoms with Gasteiger partial charge in [-0.2, -0.15) is 0 Å². The van der Waals surface area contributed by atoms with E-state index in [9.17, 15) is 5.11 Å². The van der Waals surface area contributed by atoms with Crippen molar-refractivity contribution >= 4 is 0 Å². The molecule has 8 nitrogen and oxygen atoms in total. The zero-order chi connectivity index (χ0) is 24.9. The molecule has 0 bridgehead atoms. The lowest BCUT2D eigenvalue weighted by atomic mass is 9.97. The van der Waals surface area contributed by atoms with Gasteiger partial charge in [0.2, 0.25) is 5.79 Å². The van der Waals surface area contributed by atoms with Gasteiger partial charge in [0.05, 0.1) is 79.3 Å². The molecule has 0 aromatic heterocycles. The van der Waals surface area contributed by atoms with Crippen LogP contribution in [-0.2, 0) is 38.9 Å². The topological polar surface area (TPSA) is 84.8 Å². The molecule has 1 N–H and O–H groups in total. The molecule has 35 heavy (non-hydrogen) atoms. The molecule has 2 rings (SSSR count). The van der Waals surface area contributed by atoms with E-state index in [0.29, 0.717) is 90.4 Å². The van der Waals surface area contributed by atoms with Crippen molar-refractivity contribution in [3.63, 3.8) is 0 Å². The van der Waals surface area contributed by atoms with Crippen molar-refractivity contribution in [3.8, 4) is 0 Å². The Morgan fingerprint density at radius 1 is 0.486 bits per heavy atom. The van der Waals surface area contributed by atoms with Gasteiger partial charge in [0.25, 0.3) is 0 Å². The van der Waals surface area contributed by atoms with Crippen LogP contribution in [0.2, 0.25) is 0 Å². The van der Waals surface area contributed by atoms with Crippen molar-refractivity contribution < 1.29 is 38.3 Å². The molecule has 0 atom stereocenters. The standard InChI is InChI=1S/C27H40O8/c1-2-29-13-14-30-15-16-31-17-18-32-19-20-33-21-22-34-23-24-35-27(28,25-9-5-3-6-10-25)26-11-7-4-8-12-26/h3-12,28H,2,13-24H2,1H3. The highest BCUT2D eigenvalue weighted by Crippen LogP contribution is 2.30. The third-order valence-electron chi connectivity index (χ3n) is 4.93. The summed E-state index contributed by atoms with van der Waals surface area (Å²) in [6.45, 7) is 8.47. The van der Waals surface area contributed by atoms with E-state index >= 15 is 0 Å². The van der Waals surface area contributed by atoms with Gasteiger partial charge in [0.15, 0.2) is 0 Å². The minimum Gasteiger partial charge on any atom is -0.379 e. The van der Waals surface area contributed by atoms with Crippen LogP contribution < -0.4 is 0 Å². The molecule has 0 unspecified atom stereocenters. The van der Waals surface area contributed by atoms with Gasteiger partial charge >= 0.3 is 0 Å². The summed E-state index contributed by atoms with van der Waals surface area (Å²) in [6.07, 6.45) is 0. The van der Waals surface area contributed by atoms with E-state index in [4.69, 9.17) is 33.2 Å². The highest BCUT2D eigenvalue weighted by Gasteiger charge is 2.32. The monoisotopic (exact) mass is 492 g/mol. The summed E-state index contributed by atoms with van der Waals surface area (Å²) in [7, 11) is 0. The molecule has 8 heteroatoms.